The Kier molecular flexibility index (Phi) is 7.20. The fourth-order valence-corrected chi connectivity index (χ4v) is 8.90. The van der Waals surface area contributed by atoms with Crippen LogP contribution in [0.1, 0.15) is 0 Å². The van der Waals surface area contributed by atoms with Crippen LogP contribution in [0.25, 0.3) is 93.6 Å². The van der Waals surface area contributed by atoms with Crippen LogP contribution in [0.15, 0.2) is 215 Å². The molecule has 0 aliphatic carbocycles. The Labute approximate surface area is 334 Å². The lowest BCUT2D eigenvalue weighted by molar-refractivity contribution is 0.670. The minimum Gasteiger partial charge on any atom is -0.455 e. The Morgan fingerprint density at radius 2 is 0.828 bits per heavy atom. The molecule has 0 spiro atoms. The second kappa shape index (κ2) is 12.9. The minimum absolute atomic E-state index is 0.895. The minimum atomic E-state index is 0.895. The van der Waals surface area contributed by atoms with Gasteiger partial charge in [0.15, 0.2) is 5.58 Å². The van der Waals surface area contributed by atoms with Gasteiger partial charge in [0, 0.05) is 60.6 Å². The van der Waals surface area contributed by atoms with Gasteiger partial charge in [0.25, 0.3) is 0 Å². The number of hydrogen-bond donors (Lipinski definition) is 0. The highest BCUT2D eigenvalue weighted by atomic mass is 16.3. The van der Waals surface area contributed by atoms with Crippen molar-refractivity contribution in [3.63, 3.8) is 0 Å². The monoisotopic (exact) mass is 742 g/mol. The zero-order chi connectivity index (χ0) is 38.2. The molecule has 3 heterocycles. The van der Waals surface area contributed by atoms with Crippen molar-refractivity contribution in [1.29, 1.82) is 0 Å². The van der Waals surface area contributed by atoms with Crippen molar-refractivity contribution in [3.05, 3.63) is 206 Å². The summed E-state index contributed by atoms with van der Waals surface area (Å²) in [5, 5.41) is 6.87. The van der Waals surface area contributed by atoms with Gasteiger partial charge in [0.2, 0.25) is 0 Å². The van der Waals surface area contributed by atoms with Crippen LogP contribution >= 0.6 is 0 Å². The first-order valence-corrected chi connectivity index (χ1v) is 19.7. The molecule has 4 nitrogen and oxygen atoms in total. The topological polar surface area (TPSA) is 34.5 Å². The predicted octanol–water partition coefficient (Wildman–Crippen LogP) is 15.4. The van der Waals surface area contributed by atoms with Gasteiger partial charge >= 0.3 is 0 Å². The standard InChI is InChI=1S/C54H34N2O2/c1-2-11-35(12-3-1)36-21-25-38(26-22-36)55(39-27-23-37(24-28-39)42-16-10-17-47-44-14-5-8-19-50(44)57-53(42)47)40-29-31-41(32-30-40)56-49-18-7-4-13-43(49)46-33-34-48-45-15-6-9-20-51(45)58-54(48)52(46)56/h1-34H. The van der Waals surface area contributed by atoms with Gasteiger partial charge in [-0.2, -0.15) is 0 Å². The second-order valence-corrected chi connectivity index (χ2v) is 14.9. The van der Waals surface area contributed by atoms with E-state index in [1.165, 1.54) is 21.9 Å². The third kappa shape index (κ3) is 5.02. The van der Waals surface area contributed by atoms with Crippen molar-refractivity contribution in [1.82, 2.24) is 4.57 Å². The molecule has 12 aromatic rings. The van der Waals surface area contributed by atoms with Crippen LogP contribution in [0.2, 0.25) is 0 Å². The second-order valence-electron chi connectivity index (χ2n) is 14.9. The molecule has 0 unspecified atom stereocenters. The highest BCUT2D eigenvalue weighted by Gasteiger charge is 2.20. The van der Waals surface area contributed by atoms with Gasteiger partial charge in [-0.05, 0) is 89.5 Å². The molecule has 0 saturated heterocycles. The predicted molar refractivity (Wildman–Crippen MR) is 241 cm³/mol. The van der Waals surface area contributed by atoms with E-state index < -0.39 is 0 Å². The Morgan fingerprint density at radius 1 is 0.328 bits per heavy atom. The molecule has 0 amide bonds. The van der Waals surface area contributed by atoms with Crippen LogP contribution in [0.5, 0.6) is 0 Å². The summed E-state index contributed by atoms with van der Waals surface area (Å²) in [7, 11) is 0. The Morgan fingerprint density at radius 3 is 1.52 bits per heavy atom. The average Bonchev–Trinajstić information content (AvgIpc) is 3.98. The molecule has 0 bridgehead atoms. The lowest BCUT2D eigenvalue weighted by Gasteiger charge is -2.26. The maximum Gasteiger partial charge on any atom is 0.160 e. The summed E-state index contributed by atoms with van der Waals surface area (Å²) in [6.07, 6.45) is 0. The van der Waals surface area contributed by atoms with Crippen molar-refractivity contribution in [2.24, 2.45) is 0 Å². The third-order valence-corrected chi connectivity index (χ3v) is 11.6. The molecule has 0 N–H and O–H groups in total. The van der Waals surface area contributed by atoms with Gasteiger partial charge in [-0.1, -0.05) is 133 Å². The number of rotatable bonds is 6. The summed E-state index contributed by atoms with van der Waals surface area (Å²) in [6.45, 7) is 0. The summed E-state index contributed by atoms with van der Waals surface area (Å²) < 4.78 is 15.4. The number of anilines is 3. The fraction of sp³-hybridized carbons (Fsp3) is 0. The fourth-order valence-electron chi connectivity index (χ4n) is 8.90. The van der Waals surface area contributed by atoms with Crippen LogP contribution in [-0.2, 0) is 0 Å². The smallest absolute Gasteiger partial charge is 0.160 e. The van der Waals surface area contributed by atoms with Gasteiger partial charge in [0.1, 0.15) is 16.7 Å². The number of para-hydroxylation sites is 4. The molecule has 58 heavy (non-hydrogen) atoms. The largest absolute Gasteiger partial charge is 0.455 e. The van der Waals surface area contributed by atoms with Crippen molar-refractivity contribution < 1.29 is 8.83 Å². The SMILES string of the molecule is c1ccc(-c2ccc(N(c3ccc(-c4cccc5c4oc4ccccc45)cc3)c3ccc(-n4c5ccccc5c5ccc6c7ccccc7oc6c54)cc3)cc2)cc1. The first-order chi connectivity index (χ1) is 28.8. The normalized spacial score (nSPS) is 11.8. The molecule has 9 aromatic carbocycles. The summed E-state index contributed by atoms with van der Waals surface area (Å²) >= 11 is 0. The maximum atomic E-state index is 6.62. The molecule has 12 rings (SSSR count). The lowest BCUT2D eigenvalue weighted by Crippen LogP contribution is -2.10. The average molecular weight is 743 g/mol. The van der Waals surface area contributed by atoms with Crippen molar-refractivity contribution in [3.8, 4) is 27.9 Å². The van der Waals surface area contributed by atoms with Crippen molar-refractivity contribution in [2.75, 3.05) is 4.90 Å². The first-order valence-electron chi connectivity index (χ1n) is 19.7. The summed E-state index contributed by atoms with van der Waals surface area (Å²) in [5.74, 6) is 0. The summed E-state index contributed by atoms with van der Waals surface area (Å²) in [6, 6.07) is 73.1. The van der Waals surface area contributed by atoms with E-state index in [9.17, 15) is 0 Å². The molecular weight excluding hydrogens is 709 g/mol. The molecule has 0 fully saturated rings. The number of furan rings is 2. The Balaban J connectivity index is 0.992. The highest BCUT2D eigenvalue weighted by molar-refractivity contribution is 6.21. The molecular formula is C54H34N2O2. The van der Waals surface area contributed by atoms with E-state index in [1.54, 1.807) is 0 Å². The lowest BCUT2D eigenvalue weighted by atomic mass is 10.0. The Hall–Kier alpha value is -7.82. The van der Waals surface area contributed by atoms with E-state index in [1.807, 2.05) is 18.2 Å². The summed E-state index contributed by atoms with van der Waals surface area (Å²) in [4.78, 5) is 2.33. The molecule has 0 saturated carbocycles. The van der Waals surface area contributed by atoms with Crippen LogP contribution in [0.3, 0.4) is 0 Å². The van der Waals surface area contributed by atoms with Gasteiger partial charge in [-0.3, -0.25) is 0 Å². The molecule has 3 aromatic heterocycles. The van der Waals surface area contributed by atoms with Crippen LogP contribution in [0, 0.1) is 0 Å². The van der Waals surface area contributed by atoms with E-state index in [0.29, 0.717) is 0 Å². The molecule has 0 aliphatic rings. The van der Waals surface area contributed by atoms with Gasteiger partial charge < -0.3 is 18.3 Å². The third-order valence-electron chi connectivity index (χ3n) is 11.6. The Bertz CT molecular complexity index is 3480. The number of fused-ring (bicyclic) bond motifs is 10. The zero-order valence-corrected chi connectivity index (χ0v) is 31.3. The number of aromatic nitrogens is 1. The molecule has 0 atom stereocenters. The zero-order valence-electron chi connectivity index (χ0n) is 31.3. The highest BCUT2D eigenvalue weighted by Crippen LogP contribution is 2.43. The molecule has 272 valence electrons. The van der Waals surface area contributed by atoms with Crippen LogP contribution in [0.4, 0.5) is 17.1 Å². The van der Waals surface area contributed by atoms with Crippen LogP contribution < -0.4 is 4.90 Å². The summed E-state index contributed by atoms with van der Waals surface area (Å²) in [5.41, 5.74) is 14.6. The van der Waals surface area contributed by atoms with Gasteiger partial charge in [-0.25, -0.2) is 0 Å². The number of nitrogens with zero attached hydrogens (tertiary/aromatic N) is 2. The van der Waals surface area contributed by atoms with E-state index in [-0.39, 0.29) is 0 Å². The van der Waals surface area contributed by atoms with Gasteiger partial charge in [-0.15, -0.1) is 0 Å². The molecule has 4 heteroatoms. The van der Waals surface area contributed by atoms with E-state index >= 15 is 0 Å². The van der Waals surface area contributed by atoms with Crippen LogP contribution in [-0.4, -0.2) is 4.57 Å². The van der Waals surface area contributed by atoms with Gasteiger partial charge in [0.05, 0.1) is 11.0 Å². The maximum absolute atomic E-state index is 6.62. The molecule has 0 aliphatic heterocycles. The van der Waals surface area contributed by atoms with E-state index in [0.717, 1.165) is 88.8 Å². The first kappa shape index (κ1) is 32.4. The number of hydrogen-bond acceptors (Lipinski definition) is 3. The number of benzene rings is 9. The van der Waals surface area contributed by atoms with E-state index in [4.69, 9.17) is 8.83 Å². The van der Waals surface area contributed by atoms with Crippen molar-refractivity contribution >= 4 is 82.7 Å². The van der Waals surface area contributed by atoms with Crippen molar-refractivity contribution in [2.45, 2.75) is 0 Å². The quantitative estimate of drug-likeness (QED) is 0.170. The molecule has 0 radical (unpaired) electrons. The van der Waals surface area contributed by atoms with E-state index in [2.05, 4.69) is 198 Å².